The minimum atomic E-state index is -0.358. The van der Waals surface area contributed by atoms with Gasteiger partial charge in [0.2, 0.25) is 11.5 Å². The number of benzene rings is 1. The standard InChI is InChI=1S/C20H22N4O2/c1-3-24-9-8-16-13(11-24)10-14-17(21)18(26-20(14)23-16)19(25)22-15-7-5-4-6-12(15)2/h4-7,10H,3,8-9,11,21H2,1-2H3,(H,22,25). The van der Waals surface area contributed by atoms with Gasteiger partial charge in [-0.25, -0.2) is 4.98 Å². The molecule has 4 rings (SSSR count). The summed E-state index contributed by atoms with van der Waals surface area (Å²) in [6, 6.07) is 9.60. The zero-order valence-electron chi connectivity index (χ0n) is 15.0. The highest BCUT2D eigenvalue weighted by Crippen LogP contribution is 2.31. The van der Waals surface area contributed by atoms with E-state index < -0.39 is 0 Å². The molecule has 6 heteroatoms. The molecule has 26 heavy (non-hydrogen) atoms. The topological polar surface area (TPSA) is 84.4 Å². The Kier molecular flexibility index (Phi) is 4.12. The molecule has 3 heterocycles. The molecule has 0 saturated heterocycles. The molecule has 0 unspecified atom stereocenters. The van der Waals surface area contributed by atoms with Gasteiger partial charge in [0, 0.05) is 25.2 Å². The van der Waals surface area contributed by atoms with Crippen LogP contribution < -0.4 is 11.1 Å². The number of carbonyl (C=O) groups excluding carboxylic acids is 1. The molecule has 0 atom stereocenters. The number of pyridine rings is 1. The third kappa shape index (κ3) is 2.82. The summed E-state index contributed by atoms with van der Waals surface area (Å²) in [7, 11) is 0. The summed E-state index contributed by atoms with van der Waals surface area (Å²) in [5.41, 5.74) is 10.9. The normalized spacial score (nSPS) is 14.4. The molecule has 0 radical (unpaired) electrons. The number of anilines is 2. The van der Waals surface area contributed by atoms with Crippen LogP contribution in [-0.4, -0.2) is 28.9 Å². The molecule has 1 aliphatic heterocycles. The fourth-order valence-electron chi connectivity index (χ4n) is 3.39. The second-order valence-electron chi connectivity index (χ2n) is 6.68. The van der Waals surface area contributed by atoms with Crippen molar-refractivity contribution >= 4 is 28.4 Å². The van der Waals surface area contributed by atoms with Gasteiger partial charge in [0.05, 0.1) is 16.8 Å². The molecule has 0 fully saturated rings. The number of amides is 1. The summed E-state index contributed by atoms with van der Waals surface area (Å²) in [6.07, 6.45) is 0.879. The van der Waals surface area contributed by atoms with Crippen LogP contribution in [0.15, 0.2) is 34.7 Å². The number of nitrogen functional groups attached to an aromatic ring is 1. The van der Waals surface area contributed by atoms with E-state index in [4.69, 9.17) is 10.2 Å². The third-order valence-corrected chi connectivity index (χ3v) is 5.00. The third-order valence-electron chi connectivity index (χ3n) is 5.00. The van der Waals surface area contributed by atoms with Crippen molar-refractivity contribution in [1.82, 2.24) is 9.88 Å². The fraction of sp³-hybridized carbons (Fsp3) is 0.300. The van der Waals surface area contributed by atoms with Gasteiger partial charge in [0.25, 0.3) is 5.91 Å². The number of carbonyl (C=O) groups is 1. The lowest BCUT2D eigenvalue weighted by Gasteiger charge is -2.26. The van der Waals surface area contributed by atoms with Crippen LogP contribution >= 0.6 is 0 Å². The first-order valence-electron chi connectivity index (χ1n) is 8.87. The first-order chi connectivity index (χ1) is 12.6. The van der Waals surface area contributed by atoms with Crippen LogP contribution in [0, 0.1) is 6.92 Å². The number of nitrogens with one attached hydrogen (secondary N) is 1. The molecule has 1 amide bonds. The predicted octanol–water partition coefficient (Wildman–Crippen LogP) is 3.35. The van der Waals surface area contributed by atoms with E-state index in [0.717, 1.165) is 48.6 Å². The van der Waals surface area contributed by atoms with Crippen molar-refractivity contribution in [2.75, 3.05) is 24.1 Å². The monoisotopic (exact) mass is 350 g/mol. The van der Waals surface area contributed by atoms with Crippen LogP contribution in [0.1, 0.15) is 34.3 Å². The number of nitrogens with two attached hydrogens (primary N) is 1. The number of aryl methyl sites for hydroxylation is 1. The van der Waals surface area contributed by atoms with E-state index in [1.165, 1.54) is 0 Å². The summed E-state index contributed by atoms with van der Waals surface area (Å²) in [5.74, 6) is -0.242. The molecule has 3 aromatic rings. The van der Waals surface area contributed by atoms with E-state index in [0.29, 0.717) is 16.8 Å². The smallest absolute Gasteiger partial charge is 0.293 e. The van der Waals surface area contributed by atoms with E-state index in [-0.39, 0.29) is 11.7 Å². The minimum Gasteiger partial charge on any atom is -0.430 e. The van der Waals surface area contributed by atoms with Gasteiger partial charge in [-0.3, -0.25) is 9.69 Å². The zero-order chi connectivity index (χ0) is 18.3. The molecule has 0 spiro atoms. The van der Waals surface area contributed by atoms with E-state index in [1.54, 1.807) is 0 Å². The average molecular weight is 350 g/mol. The molecule has 6 nitrogen and oxygen atoms in total. The number of rotatable bonds is 3. The summed E-state index contributed by atoms with van der Waals surface area (Å²) in [6.45, 7) is 6.93. The van der Waals surface area contributed by atoms with Gasteiger partial charge in [-0.2, -0.15) is 0 Å². The number of furan rings is 1. The van der Waals surface area contributed by atoms with Crippen molar-refractivity contribution in [2.24, 2.45) is 0 Å². The Hall–Kier alpha value is -2.86. The Morgan fingerprint density at radius 1 is 1.38 bits per heavy atom. The highest BCUT2D eigenvalue weighted by atomic mass is 16.4. The molecule has 1 aromatic carbocycles. The Morgan fingerprint density at radius 2 is 2.19 bits per heavy atom. The van der Waals surface area contributed by atoms with Gasteiger partial charge < -0.3 is 15.5 Å². The van der Waals surface area contributed by atoms with Crippen molar-refractivity contribution in [1.29, 1.82) is 0 Å². The predicted molar refractivity (Wildman–Crippen MR) is 102 cm³/mol. The maximum atomic E-state index is 12.7. The van der Waals surface area contributed by atoms with E-state index in [1.807, 2.05) is 37.3 Å². The van der Waals surface area contributed by atoms with Crippen LogP contribution in [0.3, 0.4) is 0 Å². The van der Waals surface area contributed by atoms with Gasteiger partial charge in [0.15, 0.2) is 0 Å². The van der Waals surface area contributed by atoms with E-state index in [2.05, 4.69) is 22.1 Å². The molecule has 134 valence electrons. The first kappa shape index (κ1) is 16.6. The lowest BCUT2D eigenvalue weighted by molar-refractivity contribution is 0.0999. The fourth-order valence-corrected chi connectivity index (χ4v) is 3.39. The largest absolute Gasteiger partial charge is 0.430 e. The molecule has 0 saturated carbocycles. The van der Waals surface area contributed by atoms with Crippen LogP contribution in [0.2, 0.25) is 0 Å². The lowest BCUT2D eigenvalue weighted by atomic mass is 10.0. The maximum absolute atomic E-state index is 12.7. The number of para-hydroxylation sites is 1. The second-order valence-corrected chi connectivity index (χ2v) is 6.68. The zero-order valence-corrected chi connectivity index (χ0v) is 15.0. The van der Waals surface area contributed by atoms with E-state index >= 15 is 0 Å². The van der Waals surface area contributed by atoms with Crippen molar-refractivity contribution in [3.8, 4) is 0 Å². The van der Waals surface area contributed by atoms with Gasteiger partial charge in [0.1, 0.15) is 0 Å². The van der Waals surface area contributed by atoms with Gasteiger partial charge in [-0.15, -0.1) is 0 Å². The minimum absolute atomic E-state index is 0.116. The number of aromatic nitrogens is 1. The van der Waals surface area contributed by atoms with Crippen LogP contribution in [-0.2, 0) is 13.0 Å². The molecule has 0 bridgehead atoms. The Bertz CT molecular complexity index is 993. The first-order valence-corrected chi connectivity index (χ1v) is 8.87. The summed E-state index contributed by atoms with van der Waals surface area (Å²) in [5, 5.41) is 3.57. The van der Waals surface area contributed by atoms with Crippen LogP contribution in [0.5, 0.6) is 0 Å². The molecule has 0 aliphatic carbocycles. The molecular formula is C20H22N4O2. The Morgan fingerprint density at radius 3 is 2.96 bits per heavy atom. The van der Waals surface area contributed by atoms with Gasteiger partial charge in [-0.05, 0) is 36.7 Å². The van der Waals surface area contributed by atoms with Crippen molar-refractivity contribution in [3.63, 3.8) is 0 Å². The average Bonchev–Trinajstić information content (AvgIpc) is 2.97. The Labute approximate surface area is 152 Å². The highest BCUT2D eigenvalue weighted by molar-refractivity contribution is 6.10. The SMILES string of the molecule is CCN1CCc2nc3oc(C(=O)Nc4ccccc4C)c(N)c3cc2C1. The highest BCUT2D eigenvalue weighted by Gasteiger charge is 2.23. The van der Waals surface area contributed by atoms with Crippen molar-refractivity contribution in [2.45, 2.75) is 26.8 Å². The summed E-state index contributed by atoms with van der Waals surface area (Å²) in [4.78, 5) is 19.6. The molecule has 3 N–H and O–H groups in total. The number of fused-ring (bicyclic) bond motifs is 2. The second kappa shape index (κ2) is 6.46. The van der Waals surface area contributed by atoms with Crippen LogP contribution in [0.25, 0.3) is 11.1 Å². The summed E-state index contributed by atoms with van der Waals surface area (Å²) < 4.78 is 5.73. The summed E-state index contributed by atoms with van der Waals surface area (Å²) >= 11 is 0. The number of hydrogen-bond donors (Lipinski definition) is 2. The number of nitrogens with zero attached hydrogens (tertiary/aromatic N) is 2. The number of likely N-dealkylation sites (N-methyl/N-ethyl adjacent to an activating group) is 1. The molecular weight excluding hydrogens is 328 g/mol. The van der Waals surface area contributed by atoms with Gasteiger partial charge in [-0.1, -0.05) is 25.1 Å². The van der Waals surface area contributed by atoms with Crippen molar-refractivity contribution < 1.29 is 9.21 Å². The lowest BCUT2D eigenvalue weighted by Crippen LogP contribution is -2.30. The van der Waals surface area contributed by atoms with Crippen molar-refractivity contribution in [3.05, 3.63) is 52.9 Å². The van der Waals surface area contributed by atoms with Crippen LogP contribution in [0.4, 0.5) is 11.4 Å². The Balaban J connectivity index is 1.69. The molecule has 1 aliphatic rings. The van der Waals surface area contributed by atoms with E-state index in [9.17, 15) is 4.79 Å². The number of hydrogen-bond acceptors (Lipinski definition) is 5. The quantitative estimate of drug-likeness (QED) is 0.757. The maximum Gasteiger partial charge on any atom is 0.293 e. The molecule has 2 aromatic heterocycles. The van der Waals surface area contributed by atoms with Gasteiger partial charge >= 0.3 is 0 Å².